The summed E-state index contributed by atoms with van der Waals surface area (Å²) in [6.07, 6.45) is 3.40. The van der Waals surface area contributed by atoms with Gasteiger partial charge in [0.1, 0.15) is 12.3 Å². The summed E-state index contributed by atoms with van der Waals surface area (Å²) in [5.74, 6) is 0.500. The average molecular weight is 360 g/mol. The molecule has 0 N–H and O–H groups in total. The van der Waals surface area contributed by atoms with E-state index in [9.17, 15) is 4.79 Å². The summed E-state index contributed by atoms with van der Waals surface area (Å²) in [5.41, 5.74) is 2.69. The Kier molecular flexibility index (Phi) is 3.51. The number of nitrogens with zero attached hydrogens (tertiary/aromatic N) is 5. The molecule has 0 saturated heterocycles. The van der Waals surface area contributed by atoms with E-state index in [4.69, 9.17) is 23.2 Å². The monoisotopic (exact) mass is 359 g/mol. The predicted molar refractivity (Wildman–Crippen MR) is 92.1 cm³/mol. The van der Waals surface area contributed by atoms with E-state index in [-0.39, 0.29) is 12.3 Å². The highest BCUT2D eigenvalue weighted by Gasteiger charge is 2.26. The maximum absolute atomic E-state index is 12.4. The lowest BCUT2D eigenvalue weighted by atomic mass is 10.0. The molecule has 3 heterocycles. The second kappa shape index (κ2) is 5.58. The topological polar surface area (TPSA) is 65.1 Å². The van der Waals surface area contributed by atoms with Gasteiger partial charge >= 0.3 is 0 Å². The Labute approximate surface area is 147 Å². The van der Waals surface area contributed by atoms with Crippen molar-refractivity contribution in [2.45, 2.75) is 6.54 Å². The van der Waals surface area contributed by atoms with Gasteiger partial charge in [-0.15, -0.1) is 0 Å². The lowest BCUT2D eigenvalue weighted by molar-refractivity contribution is -0.113. The Balaban J connectivity index is 1.87. The molecule has 0 radical (unpaired) electrons. The quantitative estimate of drug-likeness (QED) is 0.704. The molecule has 8 heteroatoms. The van der Waals surface area contributed by atoms with Gasteiger partial charge in [-0.3, -0.25) is 9.48 Å². The summed E-state index contributed by atoms with van der Waals surface area (Å²) in [4.78, 5) is 17.0. The Morgan fingerprint density at radius 3 is 2.67 bits per heavy atom. The molecule has 0 aliphatic carbocycles. The van der Waals surface area contributed by atoms with Crippen molar-refractivity contribution in [2.75, 3.05) is 0 Å². The fraction of sp³-hybridized carbons (Fsp3) is 0.125. The van der Waals surface area contributed by atoms with Gasteiger partial charge in [-0.1, -0.05) is 29.3 Å². The second-order valence-corrected chi connectivity index (χ2v) is 6.21. The van der Waals surface area contributed by atoms with E-state index in [0.717, 1.165) is 11.3 Å². The number of aryl methyl sites for hydroxylation is 1. The first-order chi connectivity index (χ1) is 11.5. The third-order valence-electron chi connectivity index (χ3n) is 3.88. The molecular weight excluding hydrogens is 349 g/mol. The Bertz CT molecular complexity index is 1000. The van der Waals surface area contributed by atoms with Gasteiger partial charge in [0, 0.05) is 18.8 Å². The number of carbonyl (C=O) groups excluding carboxylic acids is 1. The van der Waals surface area contributed by atoms with Gasteiger partial charge < -0.3 is 0 Å². The number of hydrogen-bond acceptors (Lipinski definition) is 4. The van der Waals surface area contributed by atoms with Gasteiger partial charge in [0.2, 0.25) is 5.78 Å². The van der Waals surface area contributed by atoms with E-state index in [1.165, 1.54) is 0 Å². The molecule has 1 aromatic carbocycles. The third-order valence-corrected chi connectivity index (χ3v) is 4.62. The van der Waals surface area contributed by atoms with Crippen LogP contribution in [0.5, 0.6) is 0 Å². The zero-order chi connectivity index (χ0) is 16.8. The van der Waals surface area contributed by atoms with Crippen LogP contribution in [0.3, 0.4) is 0 Å². The van der Waals surface area contributed by atoms with Crippen LogP contribution in [0.2, 0.25) is 10.0 Å². The molecule has 4 rings (SSSR count). The van der Waals surface area contributed by atoms with Crippen LogP contribution >= 0.6 is 23.2 Å². The number of carbonyl (C=O) groups is 1. The normalized spacial score (nSPS) is 13.8. The smallest absolute Gasteiger partial charge is 0.203 e. The number of ketones is 1. The molecular formula is C16H11Cl2N5O. The van der Waals surface area contributed by atoms with E-state index in [1.54, 1.807) is 40.0 Å². The first-order valence-electron chi connectivity index (χ1n) is 7.16. The number of halogens is 2. The van der Waals surface area contributed by atoms with Crippen LogP contribution in [0.15, 0.2) is 41.7 Å². The van der Waals surface area contributed by atoms with Crippen molar-refractivity contribution in [3.05, 3.63) is 52.3 Å². The molecule has 24 heavy (non-hydrogen) atoms. The largest absolute Gasteiger partial charge is 0.290 e. The molecule has 0 saturated carbocycles. The summed E-state index contributed by atoms with van der Waals surface area (Å²) in [7, 11) is 1.84. The van der Waals surface area contributed by atoms with E-state index < -0.39 is 0 Å². The van der Waals surface area contributed by atoms with Crippen LogP contribution in [0.25, 0.3) is 11.3 Å². The van der Waals surface area contributed by atoms with Crippen LogP contribution in [-0.2, 0) is 18.4 Å². The van der Waals surface area contributed by atoms with Gasteiger partial charge in [-0.05, 0) is 18.2 Å². The number of fused-ring (bicyclic) bond motifs is 1. The first kappa shape index (κ1) is 15.1. The maximum atomic E-state index is 12.4. The molecule has 1 aliphatic heterocycles. The zero-order valence-corrected chi connectivity index (χ0v) is 14.1. The fourth-order valence-corrected chi connectivity index (χ4v) is 2.98. The molecule has 0 atom stereocenters. The van der Waals surface area contributed by atoms with Gasteiger partial charge in [0.05, 0.1) is 27.5 Å². The molecule has 2 aromatic heterocycles. The summed E-state index contributed by atoms with van der Waals surface area (Å²) in [6.45, 7) is 0.131. The highest BCUT2D eigenvalue weighted by Crippen LogP contribution is 2.33. The van der Waals surface area contributed by atoms with E-state index in [1.807, 2.05) is 13.1 Å². The van der Waals surface area contributed by atoms with E-state index in [0.29, 0.717) is 27.1 Å². The second-order valence-electron chi connectivity index (χ2n) is 5.39. The Morgan fingerprint density at radius 1 is 1.12 bits per heavy atom. The van der Waals surface area contributed by atoms with Gasteiger partial charge in [0.15, 0.2) is 5.82 Å². The SMILES string of the molecule is Cn1nccc1-c1cnn2c1N=C(c1ccc(Cl)c(Cl)c1)C(=O)C2. The molecule has 0 amide bonds. The van der Waals surface area contributed by atoms with Crippen LogP contribution in [0.1, 0.15) is 5.56 Å². The standard InChI is InChI=1S/C16H11Cl2N5O/c1-22-13(4-5-19-22)10-7-20-23-8-14(24)15(21-16(10)23)9-2-3-11(17)12(18)6-9/h2-7H,8H2,1H3. The van der Waals surface area contributed by atoms with Crippen LogP contribution in [0, 0.1) is 0 Å². The van der Waals surface area contributed by atoms with Crippen molar-refractivity contribution in [1.29, 1.82) is 0 Å². The number of aromatic nitrogens is 4. The molecule has 0 unspecified atom stereocenters. The molecule has 1 aliphatic rings. The van der Waals surface area contributed by atoms with Crippen molar-refractivity contribution in [3.8, 4) is 11.3 Å². The van der Waals surface area contributed by atoms with Gasteiger partial charge in [0.25, 0.3) is 0 Å². The van der Waals surface area contributed by atoms with Gasteiger partial charge in [-0.2, -0.15) is 10.2 Å². The van der Waals surface area contributed by atoms with E-state index >= 15 is 0 Å². The summed E-state index contributed by atoms with van der Waals surface area (Å²) < 4.78 is 3.33. The van der Waals surface area contributed by atoms with E-state index in [2.05, 4.69) is 15.2 Å². The maximum Gasteiger partial charge on any atom is 0.203 e. The van der Waals surface area contributed by atoms with Crippen molar-refractivity contribution < 1.29 is 4.79 Å². The van der Waals surface area contributed by atoms with Crippen LogP contribution in [-0.4, -0.2) is 31.1 Å². The van der Waals surface area contributed by atoms with Crippen molar-refractivity contribution >= 4 is 40.5 Å². The lowest BCUT2D eigenvalue weighted by Gasteiger charge is -2.14. The van der Waals surface area contributed by atoms with Crippen LogP contribution in [0.4, 0.5) is 5.82 Å². The molecule has 120 valence electrons. The first-order valence-corrected chi connectivity index (χ1v) is 7.91. The molecule has 0 bridgehead atoms. The third kappa shape index (κ3) is 2.35. The number of rotatable bonds is 2. The highest BCUT2D eigenvalue weighted by molar-refractivity contribution is 6.48. The number of benzene rings is 1. The Morgan fingerprint density at radius 2 is 1.96 bits per heavy atom. The van der Waals surface area contributed by atoms with Crippen molar-refractivity contribution in [1.82, 2.24) is 19.6 Å². The zero-order valence-electron chi connectivity index (χ0n) is 12.6. The average Bonchev–Trinajstić information content (AvgIpc) is 3.14. The molecule has 0 spiro atoms. The minimum Gasteiger partial charge on any atom is -0.290 e. The molecule has 3 aromatic rings. The minimum absolute atomic E-state index is 0.124. The summed E-state index contributed by atoms with van der Waals surface area (Å²) >= 11 is 12.0. The summed E-state index contributed by atoms with van der Waals surface area (Å²) in [6, 6.07) is 6.92. The number of Topliss-reactive ketones (excluding diaryl/α,β-unsaturated/α-hetero) is 1. The predicted octanol–water partition coefficient (Wildman–Crippen LogP) is 3.29. The van der Waals surface area contributed by atoms with Crippen LogP contribution < -0.4 is 0 Å². The lowest BCUT2D eigenvalue weighted by Crippen LogP contribution is -2.25. The van der Waals surface area contributed by atoms with Crippen molar-refractivity contribution in [2.24, 2.45) is 12.0 Å². The number of hydrogen-bond donors (Lipinski definition) is 0. The molecule has 0 fully saturated rings. The Hall–Kier alpha value is -2.44. The van der Waals surface area contributed by atoms with Gasteiger partial charge in [-0.25, -0.2) is 9.67 Å². The fourth-order valence-electron chi connectivity index (χ4n) is 2.68. The number of aliphatic imine (C=N–C) groups is 1. The summed E-state index contributed by atoms with van der Waals surface area (Å²) in [5, 5.41) is 9.25. The van der Waals surface area contributed by atoms with Crippen molar-refractivity contribution in [3.63, 3.8) is 0 Å². The minimum atomic E-state index is -0.124. The highest BCUT2D eigenvalue weighted by atomic mass is 35.5. The molecule has 6 nitrogen and oxygen atoms in total.